The van der Waals surface area contributed by atoms with Crippen LogP contribution in [0.3, 0.4) is 0 Å². The van der Waals surface area contributed by atoms with Crippen LogP contribution >= 0.6 is 0 Å². The molecule has 1 rings (SSSR count). The van der Waals surface area contributed by atoms with Gasteiger partial charge in [-0.25, -0.2) is 0 Å². The maximum Gasteiger partial charge on any atom is 0.0635 e. The van der Waals surface area contributed by atoms with Gasteiger partial charge in [-0.15, -0.1) is 12.3 Å². The molecule has 1 heterocycles. The van der Waals surface area contributed by atoms with Gasteiger partial charge in [0.15, 0.2) is 0 Å². The molecule has 1 aliphatic rings. The Hall–Kier alpha value is -0.990. The van der Waals surface area contributed by atoms with Gasteiger partial charge in [-0.1, -0.05) is 0 Å². The third kappa shape index (κ3) is 1.97. The summed E-state index contributed by atoms with van der Waals surface area (Å²) in [6.07, 6.45) is 8.09. The molecule has 0 spiro atoms. The average molecular weight is 148 g/mol. The van der Waals surface area contributed by atoms with E-state index in [1.54, 1.807) is 0 Å². The Morgan fingerprint density at radius 2 is 2.55 bits per heavy atom. The number of nitrogens with zero attached hydrogens (tertiary/aromatic N) is 1. The van der Waals surface area contributed by atoms with Crippen molar-refractivity contribution in [1.82, 2.24) is 5.32 Å². The van der Waals surface area contributed by atoms with E-state index in [-0.39, 0.29) is 5.92 Å². The molecule has 1 aliphatic heterocycles. The van der Waals surface area contributed by atoms with E-state index in [0.717, 1.165) is 13.0 Å². The van der Waals surface area contributed by atoms with Crippen molar-refractivity contribution >= 4 is 0 Å². The Bertz CT molecular complexity index is 191. The standard InChI is InChI=1S/C9H12N2/c1-2-8(5-6-10)9-4-3-7-11-9/h1,8-9,11H,3-5,7H2. The Morgan fingerprint density at radius 1 is 1.73 bits per heavy atom. The van der Waals surface area contributed by atoms with Crippen LogP contribution in [-0.2, 0) is 0 Å². The number of rotatable bonds is 2. The molecule has 0 radical (unpaired) electrons. The normalized spacial score (nSPS) is 25.5. The van der Waals surface area contributed by atoms with Crippen LogP contribution in [-0.4, -0.2) is 12.6 Å². The highest BCUT2D eigenvalue weighted by atomic mass is 14.9. The van der Waals surface area contributed by atoms with Crippen LogP contribution < -0.4 is 5.32 Å². The highest BCUT2D eigenvalue weighted by molar-refractivity contribution is 5.03. The smallest absolute Gasteiger partial charge is 0.0635 e. The highest BCUT2D eigenvalue weighted by Gasteiger charge is 2.22. The molecule has 0 aromatic rings. The molecule has 1 saturated heterocycles. The summed E-state index contributed by atoms with van der Waals surface area (Å²) in [5.41, 5.74) is 0. The van der Waals surface area contributed by atoms with Crippen molar-refractivity contribution in [2.75, 3.05) is 6.54 Å². The number of hydrogen-bond acceptors (Lipinski definition) is 2. The van der Waals surface area contributed by atoms with E-state index in [1.165, 1.54) is 6.42 Å². The second-order valence-corrected chi connectivity index (χ2v) is 2.84. The van der Waals surface area contributed by atoms with Crippen LogP contribution in [0.1, 0.15) is 19.3 Å². The van der Waals surface area contributed by atoms with Crippen molar-refractivity contribution < 1.29 is 0 Å². The molecule has 1 fully saturated rings. The summed E-state index contributed by atoms with van der Waals surface area (Å²) in [5, 5.41) is 11.8. The minimum atomic E-state index is 0.113. The Balaban J connectivity index is 2.43. The molecule has 2 atom stereocenters. The van der Waals surface area contributed by atoms with Gasteiger partial charge < -0.3 is 5.32 Å². The molecule has 58 valence electrons. The topological polar surface area (TPSA) is 35.8 Å². The zero-order valence-corrected chi connectivity index (χ0v) is 6.51. The van der Waals surface area contributed by atoms with Gasteiger partial charge in [-0.05, 0) is 19.4 Å². The zero-order chi connectivity index (χ0) is 8.10. The van der Waals surface area contributed by atoms with Gasteiger partial charge in [0.1, 0.15) is 0 Å². The summed E-state index contributed by atoms with van der Waals surface area (Å²) in [7, 11) is 0. The van der Waals surface area contributed by atoms with Crippen molar-refractivity contribution in [2.24, 2.45) is 5.92 Å². The quantitative estimate of drug-likeness (QED) is 0.591. The largest absolute Gasteiger partial charge is 0.313 e. The minimum Gasteiger partial charge on any atom is -0.313 e. The predicted molar refractivity (Wildman–Crippen MR) is 43.6 cm³/mol. The maximum absolute atomic E-state index is 8.45. The summed E-state index contributed by atoms with van der Waals surface area (Å²) in [4.78, 5) is 0. The first kappa shape index (κ1) is 8.11. The second kappa shape index (κ2) is 4.01. The third-order valence-corrected chi connectivity index (χ3v) is 2.11. The van der Waals surface area contributed by atoms with E-state index >= 15 is 0 Å². The van der Waals surface area contributed by atoms with Gasteiger partial charge in [0.2, 0.25) is 0 Å². The average Bonchev–Trinajstić information content (AvgIpc) is 2.52. The Labute approximate surface area is 67.6 Å². The van der Waals surface area contributed by atoms with Crippen molar-refractivity contribution in [1.29, 1.82) is 5.26 Å². The Kier molecular flexibility index (Phi) is 2.95. The first-order valence-electron chi connectivity index (χ1n) is 3.95. The van der Waals surface area contributed by atoms with Gasteiger partial charge in [0.05, 0.1) is 12.5 Å². The van der Waals surface area contributed by atoms with E-state index in [0.29, 0.717) is 12.5 Å². The second-order valence-electron chi connectivity index (χ2n) is 2.84. The number of nitrogens with one attached hydrogen (secondary N) is 1. The SMILES string of the molecule is C#CC(CC#N)C1CCCN1. The van der Waals surface area contributed by atoms with Crippen molar-refractivity contribution in [3.63, 3.8) is 0 Å². The lowest BCUT2D eigenvalue weighted by Crippen LogP contribution is -2.29. The first-order valence-corrected chi connectivity index (χ1v) is 3.95. The number of hydrogen-bond donors (Lipinski definition) is 1. The molecule has 0 bridgehead atoms. The summed E-state index contributed by atoms with van der Waals surface area (Å²) in [6.45, 7) is 1.05. The molecule has 0 aliphatic carbocycles. The van der Waals surface area contributed by atoms with Crippen LogP contribution in [0.2, 0.25) is 0 Å². The van der Waals surface area contributed by atoms with Gasteiger partial charge in [0.25, 0.3) is 0 Å². The van der Waals surface area contributed by atoms with Gasteiger partial charge in [0, 0.05) is 12.0 Å². The van der Waals surface area contributed by atoms with Gasteiger partial charge >= 0.3 is 0 Å². The van der Waals surface area contributed by atoms with E-state index in [2.05, 4.69) is 17.3 Å². The molecule has 0 aromatic carbocycles. The molecule has 1 N–H and O–H groups in total. The highest BCUT2D eigenvalue weighted by Crippen LogP contribution is 2.16. The fourth-order valence-corrected chi connectivity index (χ4v) is 1.47. The lowest BCUT2D eigenvalue weighted by Gasteiger charge is -2.14. The molecule has 2 unspecified atom stereocenters. The van der Waals surface area contributed by atoms with Crippen LogP contribution in [0.5, 0.6) is 0 Å². The summed E-state index contributed by atoms with van der Waals surface area (Å²) in [6, 6.07) is 2.50. The van der Waals surface area contributed by atoms with Crippen LogP contribution in [0, 0.1) is 29.6 Å². The fourth-order valence-electron chi connectivity index (χ4n) is 1.47. The lowest BCUT2D eigenvalue weighted by molar-refractivity contribution is 0.480. The molecular weight excluding hydrogens is 136 g/mol. The van der Waals surface area contributed by atoms with E-state index < -0.39 is 0 Å². The van der Waals surface area contributed by atoms with Crippen LogP contribution in [0.4, 0.5) is 0 Å². The fraction of sp³-hybridized carbons (Fsp3) is 0.667. The maximum atomic E-state index is 8.45. The molecule has 11 heavy (non-hydrogen) atoms. The molecular formula is C9H12N2. The van der Waals surface area contributed by atoms with Gasteiger partial charge in [-0.2, -0.15) is 5.26 Å². The van der Waals surface area contributed by atoms with Crippen molar-refractivity contribution in [2.45, 2.75) is 25.3 Å². The van der Waals surface area contributed by atoms with Gasteiger partial charge in [-0.3, -0.25) is 0 Å². The minimum absolute atomic E-state index is 0.113. The predicted octanol–water partition coefficient (Wildman–Crippen LogP) is 0.901. The molecule has 0 amide bonds. The van der Waals surface area contributed by atoms with Crippen LogP contribution in [0.25, 0.3) is 0 Å². The van der Waals surface area contributed by atoms with Crippen molar-refractivity contribution in [3.8, 4) is 18.4 Å². The van der Waals surface area contributed by atoms with Crippen molar-refractivity contribution in [3.05, 3.63) is 0 Å². The number of nitriles is 1. The molecule has 0 saturated carbocycles. The summed E-state index contributed by atoms with van der Waals surface area (Å²) >= 11 is 0. The molecule has 2 nitrogen and oxygen atoms in total. The lowest BCUT2D eigenvalue weighted by atomic mass is 9.96. The number of terminal acetylenes is 1. The Morgan fingerprint density at radius 3 is 3.00 bits per heavy atom. The monoisotopic (exact) mass is 148 g/mol. The van der Waals surface area contributed by atoms with E-state index in [9.17, 15) is 0 Å². The summed E-state index contributed by atoms with van der Waals surface area (Å²) < 4.78 is 0. The van der Waals surface area contributed by atoms with E-state index in [1.807, 2.05) is 0 Å². The van der Waals surface area contributed by atoms with E-state index in [4.69, 9.17) is 11.7 Å². The molecule has 2 heteroatoms. The zero-order valence-electron chi connectivity index (χ0n) is 6.51. The summed E-state index contributed by atoms with van der Waals surface area (Å²) in [5.74, 6) is 2.77. The van der Waals surface area contributed by atoms with Crippen LogP contribution in [0.15, 0.2) is 0 Å². The molecule has 0 aromatic heterocycles. The third-order valence-electron chi connectivity index (χ3n) is 2.11. The first-order chi connectivity index (χ1) is 5.38.